The minimum absolute atomic E-state index is 0.0474. The van der Waals surface area contributed by atoms with E-state index in [9.17, 15) is 15.0 Å². The molecule has 4 nitrogen and oxygen atoms in total. The van der Waals surface area contributed by atoms with Crippen molar-refractivity contribution in [1.82, 2.24) is 0 Å². The van der Waals surface area contributed by atoms with Gasteiger partial charge in [-0.3, -0.25) is 4.79 Å². The Labute approximate surface area is 145 Å². The summed E-state index contributed by atoms with van der Waals surface area (Å²) in [7, 11) is 1.70. The van der Waals surface area contributed by atoms with Crippen molar-refractivity contribution in [3.63, 3.8) is 0 Å². The van der Waals surface area contributed by atoms with Crippen LogP contribution in [0.5, 0.6) is 0 Å². The number of hydrogen-bond acceptors (Lipinski definition) is 4. The number of Topliss-reactive ketones (excluding diaryl/α,β-unsaturated/α-hetero) is 1. The van der Waals surface area contributed by atoms with Gasteiger partial charge in [-0.1, -0.05) is 13.8 Å². The van der Waals surface area contributed by atoms with E-state index in [2.05, 4.69) is 13.8 Å². The third-order valence-corrected chi connectivity index (χ3v) is 8.78. The normalized spacial score (nSPS) is 57.2. The van der Waals surface area contributed by atoms with E-state index in [0.29, 0.717) is 36.4 Å². The maximum atomic E-state index is 12.5. The zero-order valence-electron chi connectivity index (χ0n) is 15.2. The second-order valence-electron chi connectivity index (χ2n) is 9.42. The lowest BCUT2D eigenvalue weighted by Gasteiger charge is -2.62. The van der Waals surface area contributed by atoms with Crippen molar-refractivity contribution in [2.24, 2.45) is 34.5 Å². The Kier molecular flexibility index (Phi) is 3.91. The highest BCUT2D eigenvalue weighted by molar-refractivity contribution is 5.87. The number of rotatable bonds is 1. The fourth-order valence-electron chi connectivity index (χ4n) is 7.27. The highest BCUT2D eigenvalue weighted by atomic mass is 16.5. The maximum absolute atomic E-state index is 12.5. The topological polar surface area (TPSA) is 66.8 Å². The average molecular weight is 336 g/mol. The van der Waals surface area contributed by atoms with Crippen molar-refractivity contribution in [2.75, 3.05) is 7.11 Å². The predicted octanol–water partition coefficient (Wildman–Crippen LogP) is 2.55. The van der Waals surface area contributed by atoms with E-state index in [-0.39, 0.29) is 29.0 Å². The van der Waals surface area contributed by atoms with E-state index in [1.54, 1.807) is 7.11 Å². The number of carbonyl (C=O) groups excluding carboxylic acids is 1. The molecule has 4 rings (SSSR count). The second kappa shape index (κ2) is 5.52. The first-order valence-corrected chi connectivity index (χ1v) is 9.74. The third-order valence-electron chi connectivity index (χ3n) is 8.78. The summed E-state index contributed by atoms with van der Waals surface area (Å²) in [5, 5.41) is 22.0. The lowest BCUT2D eigenvalue weighted by Crippen LogP contribution is -2.63. The fourth-order valence-corrected chi connectivity index (χ4v) is 7.27. The van der Waals surface area contributed by atoms with Crippen molar-refractivity contribution >= 4 is 5.78 Å². The van der Waals surface area contributed by atoms with Gasteiger partial charge in [-0.05, 0) is 55.8 Å². The molecule has 24 heavy (non-hydrogen) atoms. The van der Waals surface area contributed by atoms with Crippen molar-refractivity contribution < 1.29 is 19.7 Å². The van der Waals surface area contributed by atoms with Crippen LogP contribution in [0.1, 0.15) is 58.8 Å². The Balaban J connectivity index is 1.69. The number of methoxy groups -OCH3 is 1. The molecule has 0 aromatic heterocycles. The van der Waals surface area contributed by atoms with Crippen LogP contribution in [0.4, 0.5) is 0 Å². The summed E-state index contributed by atoms with van der Waals surface area (Å²) in [4.78, 5) is 12.5. The molecule has 0 saturated heterocycles. The van der Waals surface area contributed by atoms with Gasteiger partial charge in [0.05, 0.1) is 18.3 Å². The van der Waals surface area contributed by atoms with Crippen molar-refractivity contribution in [3.05, 3.63) is 0 Å². The van der Waals surface area contributed by atoms with E-state index in [0.717, 1.165) is 32.1 Å². The molecular weight excluding hydrogens is 304 g/mol. The molecule has 0 radical (unpaired) electrons. The van der Waals surface area contributed by atoms with Gasteiger partial charge < -0.3 is 14.9 Å². The first-order valence-electron chi connectivity index (χ1n) is 9.74. The quantitative estimate of drug-likeness (QED) is 0.772. The molecule has 0 aromatic rings. The standard InChI is InChI=1S/C20H32O4/c1-19-7-6-14-12(13(19)4-5-17(19)22)10-16(21)15-8-11(24-3)9-18(23)20(14,15)2/h11-16,18,21,23H,4-10H2,1-3H3/t11-,12-,13-,14-,15+,16-,18-,19-,20+/m0/s1. The number of ketones is 1. The van der Waals surface area contributed by atoms with Gasteiger partial charge in [0, 0.05) is 30.8 Å². The minimum atomic E-state index is -0.426. The van der Waals surface area contributed by atoms with Crippen LogP contribution in [-0.2, 0) is 9.53 Å². The van der Waals surface area contributed by atoms with Gasteiger partial charge in [0.15, 0.2) is 0 Å². The maximum Gasteiger partial charge on any atom is 0.139 e. The number of aliphatic hydroxyl groups excluding tert-OH is 2. The summed E-state index contributed by atoms with van der Waals surface area (Å²) in [5.74, 6) is 1.72. The van der Waals surface area contributed by atoms with Gasteiger partial charge in [0.2, 0.25) is 0 Å². The predicted molar refractivity (Wildman–Crippen MR) is 90.3 cm³/mol. The van der Waals surface area contributed by atoms with Crippen LogP contribution in [0.25, 0.3) is 0 Å². The summed E-state index contributed by atoms with van der Waals surface area (Å²) >= 11 is 0. The van der Waals surface area contributed by atoms with Crippen LogP contribution in [0.2, 0.25) is 0 Å². The van der Waals surface area contributed by atoms with Gasteiger partial charge in [-0.2, -0.15) is 0 Å². The monoisotopic (exact) mass is 336 g/mol. The minimum Gasteiger partial charge on any atom is -0.393 e. The number of fused-ring (bicyclic) bond motifs is 5. The Bertz CT molecular complexity index is 534. The number of aliphatic hydroxyl groups is 2. The molecule has 0 amide bonds. The summed E-state index contributed by atoms with van der Waals surface area (Å²) in [6.45, 7) is 4.36. The molecule has 4 aliphatic carbocycles. The summed E-state index contributed by atoms with van der Waals surface area (Å²) in [6, 6.07) is 0. The first kappa shape index (κ1) is 17.0. The zero-order chi connectivity index (χ0) is 17.3. The van der Waals surface area contributed by atoms with E-state index < -0.39 is 6.10 Å². The Morgan fingerprint density at radius 1 is 1.04 bits per heavy atom. The molecule has 4 saturated carbocycles. The molecule has 0 spiro atoms. The molecule has 4 heteroatoms. The molecule has 0 unspecified atom stereocenters. The van der Waals surface area contributed by atoms with E-state index in [4.69, 9.17) is 4.74 Å². The molecule has 136 valence electrons. The molecule has 4 fully saturated rings. The highest BCUT2D eigenvalue weighted by Gasteiger charge is 2.64. The Morgan fingerprint density at radius 2 is 1.79 bits per heavy atom. The molecule has 4 aliphatic rings. The van der Waals surface area contributed by atoms with Crippen LogP contribution in [-0.4, -0.2) is 41.4 Å². The van der Waals surface area contributed by atoms with Crippen LogP contribution in [0, 0.1) is 34.5 Å². The lowest BCUT2D eigenvalue weighted by atomic mass is 9.44. The van der Waals surface area contributed by atoms with Gasteiger partial charge in [-0.15, -0.1) is 0 Å². The average Bonchev–Trinajstić information content (AvgIpc) is 2.85. The Hall–Kier alpha value is -0.450. The fraction of sp³-hybridized carbons (Fsp3) is 0.950. The lowest BCUT2D eigenvalue weighted by molar-refractivity contribution is -0.213. The molecule has 2 N–H and O–H groups in total. The van der Waals surface area contributed by atoms with Gasteiger partial charge in [-0.25, -0.2) is 0 Å². The van der Waals surface area contributed by atoms with E-state index in [1.165, 1.54) is 0 Å². The van der Waals surface area contributed by atoms with Gasteiger partial charge in [0.25, 0.3) is 0 Å². The third kappa shape index (κ3) is 2.05. The number of carbonyl (C=O) groups is 1. The second-order valence-corrected chi connectivity index (χ2v) is 9.42. The van der Waals surface area contributed by atoms with Crippen LogP contribution in [0.15, 0.2) is 0 Å². The van der Waals surface area contributed by atoms with Gasteiger partial charge >= 0.3 is 0 Å². The van der Waals surface area contributed by atoms with Gasteiger partial charge in [0.1, 0.15) is 5.78 Å². The molecule has 0 aliphatic heterocycles. The zero-order valence-corrected chi connectivity index (χ0v) is 15.2. The molecule has 9 atom stereocenters. The molecule has 0 aromatic carbocycles. The van der Waals surface area contributed by atoms with Crippen molar-refractivity contribution in [3.8, 4) is 0 Å². The highest BCUT2D eigenvalue weighted by Crippen LogP contribution is 2.65. The molecule has 0 heterocycles. The smallest absolute Gasteiger partial charge is 0.139 e. The van der Waals surface area contributed by atoms with Crippen LogP contribution < -0.4 is 0 Å². The SMILES string of the molecule is CO[C@H]1C[C@@H]2[C@@H](O)C[C@@H]3[C@H](CC[C@]4(C)C(=O)CC[C@@H]34)[C@@]2(C)[C@@H](O)C1. The number of ether oxygens (including phenoxy) is 1. The number of hydrogen-bond donors (Lipinski definition) is 2. The Morgan fingerprint density at radius 3 is 2.50 bits per heavy atom. The summed E-state index contributed by atoms with van der Waals surface area (Å²) in [6.07, 6.45) is 5.18. The molecule has 0 bridgehead atoms. The van der Waals surface area contributed by atoms with Crippen LogP contribution in [0.3, 0.4) is 0 Å². The van der Waals surface area contributed by atoms with E-state index >= 15 is 0 Å². The van der Waals surface area contributed by atoms with Crippen molar-refractivity contribution in [2.45, 2.75) is 77.1 Å². The summed E-state index contributed by atoms with van der Waals surface area (Å²) < 4.78 is 5.52. The summed E-state index contributed by atoms with van der Waals surface area (Å²) in [5.41, 5.74) is -0.427. The van der Waals surface area contributed by atoms with Crippen molar-refractivity contribution in [1.29, 1.82) is 0 Å². The molecular formula is C20H32O4. The first-order chi connectivity index (χ1) is 11.3. The van der Waals surface area contributed by atoms with Crippen LogP contribution >= 0.6 is 0 Å². The van der Waals surface area contributed by atoms with E-state index in [1.807, 2.05) is 0 Å². The largest absolute Gasteiger partial charge is 0.393 e.